The van der Waals surface area contributed by atoms with Crippen molar-refractivity contribution >= 4 is 46.2 Å². The number of nitrogens with two attached hydrogens (primary N) is 1. The predicted octanol–water partition coefficient (Wildman–Crippen LogP) is 4.50. The second kappa shape index (κ2) is 6.70. The number of halogens is 2. The molecular weight excluding hydrogens is 311 g/mol. The molecule has 4 nitrogen and oxygen atoms in total. The van der Waals surface area contributed by atoms with Crippen LogP contribution in [0.2, 0.25) is 10.0 Å². The average Bonchev–Trinajstić information content (AvgIpc) is 2.45. The number of anilines is 3. The highest BCUT2D eigenvalue weighted by Crippen LogP contribution is 2.30. The summed E-state index contributed by atoms with van der Waals surface area (Å²) in [6.07, 6.45) is 0. The molecule has 0 aliphatic carbocycles. The van der Waals surface area contributed by atoms with Crippen LogP contribution in [0.5, 0.6) is 0 Å². The van der Waals surface area contributed by atoms with Crippen LogP contribution in [0.25, 0.3) is 0 Å². The number of nitrogen functional groups attached to an aromatic ring is 1. The summed E-state index contributed by atoms with van der Waals surface area (Å²) >= 11 is 12.1. The first-order valence-corrected chi connectivity index (χ1v) is 7.05. The van der Waals surface area contributed by atoms with Crippen molar-refractivity contribution in [2.45, 2.75) is 6.92 Å². The Morgan fingerprint density at radius 2 is 1.95 bits per heavy atom. The summed E-state index contributed by atoms with van der Waals surface area (Å²) in [7, 11) is 0. The van der Waals surface area contributed by atoms with Crippen LogP contribution in [0.1, 0.15) is 17.3 Å². The van der Waals surface area contributed by atoms with Crippen molar-refractivity contribution in [3.05, 3.63) is 52.0 Å². The van der Waals surface area contributed by atoms with E-state index in [4.69, 9.17) is 33.7 Å². The summed E-state index contributed by atoms with van der Waals surface area (Å²) in [6, 6.07) is 9.97. The second-order valence-electron chi connectivity index (χ2n) is 4.27. The SMILES string of the molecule is CCOC(=O)c1cc(N)ccc1Nc1cc(Cl)ccc1Cl. The van der Waals surface area contributed by atoms with Crippen LogP contribution in [0, 0.1) is 0 Å². The van der Waals surface area contributed by atoms with Gasteiger partial charge in [0, 0.05) is 10.7 Å². The van der Waals surface area contributed by atoms with Gasteiger partial charge in [-0.2, -0.15) is 0 Å². The van der Waals surface area contributed by atoms with E-state index >= 15 is 0 Å². The molecule has 0 atom stereocenters. The largest absolute Gasteiger partial charge is 0.462 e. The lowest BCUT2D eigenvalue weighted by atomic mass is 10.1. The van der Waals surface area contributed by atoms with E-state index in [-0.39, 0.29) is 6.61 Å². The highest BCUT2D eigenvalue weighted by atomic mass is 35.5. The smallest absolute Gasteiger partial charge is 0.340 e. The molecular formula is C15H14Cl2N2O2. The van der Waals surface area contributed by atoms with Crippen molar-refractivity contribution in [3.8, 4) is 0 Å². The molecule has 0 aliphatic rings. The Morgan fingerprint density at radius 3 is 2.67 bits per heavy atom. The van der Waals surface area contributed by atoms with E-state index in [0.717, 1.165) is 0 Å². The number of carbonyl (C=O) groups excluding carboxylic acids is 1. The summed E-state index contributed by atoms with van der Waals surface area (Å²) in [6.45, 7) is 2.02. The van der Waals surface area contributed by atoms with Gasteiger partial charge < -0.3 is 15.8 Å². The lowest BCUT2D eigenvalue weighted by molar-refractivity contribution is 0.0527. The lowest BCUT2D eigenvalue weighted by Gasteiger charge is -2.13. The van der Waals surface area contributed by atoms with E-state index in [1.807, 2.05) is 0 Å². The number of ether oxygens (including phenoxy) is 1. The first-order valence-electron chi connectivity index (χ1n) is 6.30. The van der Waals surface area contributed by atoms with Crippen molar-refractivity contribution in [2.75, 3.05) is 17.7 Å². The van der Waals surface area contributed by atoms with E-state index in [9.17, 15) is 4.79 Å². The highest BCUT2D eigenvalue weighted by Gasteiger charge is 2.14. The summed E-state index contributed by atoms with van der Waals surface area (Å²) in [5.41, 5.74) is 7.68. The van der Waals surface area contributed by atoms with Gasteiger partial charge in [-0.05, 0) is 43.3 Å². The maximum atomic E-state index is 12.0. The molecule has 21 heavy (non-hydrogen) atoms. The average molecular weight is 325 g/mol. The zero-order valence-corrected chi connectivity index (χ0v) is 12.8. The molecule has 0 spiro atoms. The molecule has 0 saturated carbocycles. The van der Waals surface area contributed by atoms with Gasteiger partial charge in [0.05, 0.1) is 28.6 Å². The number of hydrogen-bond donors (Lipinski definition) is 2. The van der Waals surface area contributed by atoms with Gasteiger partial charge in [-0.25, -0.2) is 4.79 Å². The van der Waals surface area contributed by atoms with Crippen LogP contribution >= 0.6 is 23.2 Å². The Bertz CT molecular complexity index is 675. The number of hydrogen-bond acceptors (Lipinski definition) is 4. The lowest BCUT2D eigenvalue weighted by Crippen LogP contribution is -2.08. The van der Waals surface area contributed by atoms with Gasteiger partial charge in [0.15, 0.2) is 0 Å². The van der Waals surface area contributed by atoms with Gasteiger partial charge in [0.2, 0.25) is 0 Å². The van der Waals surface area contributed by atoms with Gasteiger partial charge >= 0.3 is 5.97 Å². The molecule has 0 fully saturated rings. The van der Waals surface area contributed by atoms with Gasteiger partial charge in [0.1, 0.15) is 0 Å². The van der Waals surface area contributed by atoms with Crippen molar-refractivity contribution in [1.82, 2.24) is 0 Å². The molecule has 0 aromatic heterocycles. The fraction of sp³-hybridized carbons (Fsp3) is 0.133. The van der Waals surface area contributed by atoms with Crippen LogP contribution in [0.4, 0.5) is 17.1 Å². The number of carbonyl (C=O) groups is 1. The maximum absolute atomic E-state index is 12.0. The molecule has 0 saturated heterocycles. The molecule has 2 rings (SSSR count). The van der Waals surface area contributed by atoms with Crippen LogP contribution in [-0.2, 0) is 4.74 Å². The minimum absolute atomic E-state index is 0.283. The minimum atomic E-state index is -0.453. The second-order valence-corrected chi connectivity index (χ2v) is 5.12. The third-order valence-electron chi connectivity index (χ3n) is 2.74. The standard InChI is InChI=1S/C15H14Cl2N2O2/c1-2-21-15(20)11-8-10(18)4-6-13(11)19-14-7-9(16)3-5-12(14)17/h3-8,19H,2,18H2,1H3. The molecule has 110 valence electrons. The van der Waals surface area contributed by atoms with Gasteiger partial charge in [-0.15, -0.1) is 0 Å². The Morgan fingerprint density at radius 1 is 1.19 bits per heavy atom. The van der Waals surface area contributed by atoms with Crippen molar-refractivity contribution < 1.29 is 9.53 Å². The fourth-order valence-electron chi connectivity index (χ4n) is 1.79. The van der Waals surface area contributed by atoms with Crippen molar-refractivity contribution in [1.29, 1.82) is 0 Å². The molecule has 3 N–H and O–H groups in total. The number of rotatable bonds is 4. The Labute approximate surface area is 132 Å². The molecule has 2 aromatic rings. The third-order valence-corrected chi connectivity index (χ3v) is 3.30. The molecule has 0 heterocycles. The van der Waals surface area contributed by atoms with Gasteiger partial charge in [-0.1, -0.05) is 23.2 Å². The molecule has 0 unspecified atom stereocenters. The molecule has 0 aliphatic heterocycles. The van der Waals surface area contributed by atoms with Crippen LogP contribution in [-0.4, -0.2) is 12.6 Å². The normalized spacial score (nSPS) is 10.2. The van der Waals surface area contributed by atoms with E-state index in [0.29, 0.717) is 32.7 Å². The van der Waals surface area contributed by atoms with Gasteiger partial charge in [-0.3, -0.25) is 0 Å². The summed E-state index contributed by atoms with van der Waals surface area (Å²) in [5, 5.41) is 4.10. The van der Waals surface area contributed by atoms with E-state index in [2.05, 4.69) is 5.32 Å². The maximum Gasteiger partial charge on any atom is 0.340 e. The van der Waals surface area contributed by atoms with E-state index < -0.39 is 5.97 Å². The Balaban J connectivity index is 2.39. The topological polar surface area (TPSA) is 64.3 Å². The van der Waals surface area contributed by atoms with Crippen molar-refractivity contribution in [3.63, 3.8) is 0 Å². The molecule has 0 amide bonds. The number of nitrogens with one attached hydrogen (secondary N) is 1. The minimum Gasteiger partial charge on any atom is -0.462 e. The summed E-state index contributed by atoms with van der Waals surface area (Å²) < 4.78 is 5.02. The molecule has 6 heteroatoms. The zero-order valence-electron chi connectivity index (χ0n) is 11.3. The molecule has 2 aromatic carbocycles. The Hall–Kier alpha value is -1.91. The number of benzene rings is 2. The summed E-state index contributed by atoms with van der Waals surface area (Å²) in [4.78, 5) is 12.0. The first-order chi connectivity index (χ1) is 10.0. The first kappa shape index (κ1) is 15.5. The Kier molecular flexibility index (Phi) is 4.94. The van der Waals surface area contributed by atoms with E-state index in [1.54, 1.807) is 43.3 Å². The predicted molar refractivity (Wildman–Crippen MR) is 86.6 cm³/mol. The van der Waals surface area contributed by atoms with Crippen LogP contribution < -0.4 is 11.1 Å². The van der Waals surface area contributed by atoms with Crippen LogP contribution in [0.15, 0.2) is 36.4 Å². The molecule has 0 radical (unpaired) electrons. The van der Waals surface area contributed by atoms with Crippen molar-refractivity contribution in [2.24, 2.45) is 0 Å². The third kappa shape index (κ3) is 3.80. The number of esters is 1. The zero-order chi connectivity index (χ0) is 15.4. The van der Waals surface area contributed by atoms with E-state index in [1.165, 1.54) is 0 Å². The monoisotopic (exact) mass is 324 g/mol. The highest BCUT2D eigenvalue weighted by molar-refractivity contribution is 6.35. The summed E-state index contributed by atoms with van der Waals surface area (Å²) in [5.74, 6) is -0.453. The molecule has 0 bridgehead atoms. The quantitative estimate of drug-likeness (QED) is 0.642. The van der Waals surface area contributed by atoms with Crippen LogP contribution in [0.3, 0.4) is 0 Å². The van der Waals surface area contributed by atoms with Gasteiger partial charge in [0.25, 0.3) is 0 Å². The fourth-order valence-corrected chi connectivity index (χ4v) is 2.12.